The van der Waals surface area contributed by atoms with Crippen molar-refractivity contribution in [2.75, 3.05) is 11.1 Å². The molecule has 2 unspecified atom stereocenters. The second kappa shape index (κ2) is 5.28. The summed E-state index contributed by atoms with van der Waals surface area (Å²) in [4.78, 5) is 0.381. The van der Waals surface area contributed by atoms with Gasteiger partial charge in [-0.1, -0.05) is 19.1 Å². The molecule has 100 valence electrons. The molecule has 1 fully saturated rings. The molecule has 0 saturated heterocycles. The number of rotatable bonds is 4. The van der Waals surface area contributed by atoms with Gasteiger partial charge in [0.05, 0.1) is 16.3 Å². The lowest BCUT2D eigenvalue weighted by molar-refractivity contribution is 0.596. The van der Waals surface area contributed by atoms with E-state index in [2.05, 4.69) is 5.32 Å². The summed E-state index contributed by atoms with van der Waals surface area (Å²) >= 11 is 0. The first-order valence-corrected chi connectivity index (χ1v) is 8.03. The van der Waals surface area contributed by atoms with Gasteiger partial charge in [0.2, 0.25) is 0 Å². The van der Waals surface area contributed by atoms with Crippen LogP contribution in [0.2, 0.25) is 0 Å². The molecule has 0 aromatic heterocycles. The summed E-state index contributed by atoms with van der Waals surface area (Å²) in [7, 11) is -3.19. The molecule has 0 aliphatic heterocycles. The molecule has 1 aromatic carbocycles. The van der Waals surface area contributed by atoms with Gasteiger partial charge in [0.15, 0.2) is 9.84 Å². The van der Waals surface area contributed by atoms with Crippen LogP contribution in [-0.4, -0.2) is 26.3 Å². The first-order chi connectivity index (χ1) is 8.54. The number of para-hydroxylation sites is 1. The summed E-state index contributed by atoms with van der Waals surface area (Å²) in [5, 5.41) is 3.30. The highest BCUT2D eigenvalue weighted by Gasteiger charge is 2.25. The van der Waals surface area contributed by atoms with Gasteiger partial charge in [-0.05, 0) is 31.4 Å². The molecule has 1 aromatic rings. The Morgan fingerprint density at radius 2 is 2.06 bits per heavy atom. The average molecular weight is 268 g/mol. The Hall–Kier alpha value is -1.07. The lowest BCUT2D eigenvalue weighted by atomic mass is 10.2. The molecule has 0 radical (unpaired) electrons. The second-order valence-electron chi connectivity index (χ2n) is 4.75. The number of hydrogen-bond donors (Lipinski definition) is 2. The van der Waals surface area contributed by atoms with Crippen LogP contribution < -0.4 is 11.1 Å². The minimum Gasteiger partial charge on any atom is -0.380 e. The van der Waals surface area contributed by atoms with Crippen LogP contribution in [0.15, 0.2) is 29.2 Å². The summed E-state index contributed by atoms with van der Waals surface area (Å²) in [5.41, 5.74) is 6.69. The molecule has 1 saturated carbocycles. The van der Waals surface area contributed by atoms with E-state index in [1.807, 2.05) is 12.1 Å². The summed E-state index contributed by atoms with van der Waals surface area (Å²) in [6.45, 7) is 1.66. The zero-order chi connectivity index (χ0) is 13.2. The van der Waals surface area contributed by atoms with Crippen LogP contribution in [0.4, 0.5) is 5.69 Å². The fourth-order valence-electron chi connectivity index (χ4n) is 2.38. The van der Waals surface area contributed by atoms with Crippen LogP contribution in [0.1, 0.15) is 26.2 Å². The molecule has 2 rings (SSSR count). The van der Waals surface area contributed by atoms with Crippen LogP contribution in [0.5, 0.6) is 0 Å². The van der Waals surface area contributed by atoms with Crippen molar-refractivity contribution in [3.63, 3.8) is 0 Å². The first-order valence-electron chi connectivity index (χ1n) is 6.38. The quantitative estimate of drug-likeness (QED) is 0.873. The topological polar surface area (TPSA) is 72.2 Å². The maximum atomic E-state index is 12.0. The highest BCUT2D eigenvalue weighted by Crippen LogP contribution is 2.27. The SMILES string of the molecule is CCS(=O)(=O)c1ccccc1NC1CCCC1N. The minimum atomic E-state index is -3.19. The minimum absolute atomic E-state index is 0.113. The van der Waals surface area contributed by atoms with E-state index in [0.717, 1.165) is 19.3 Å². The molecule has 2 atom stereocenters. The predicted octanol–water partition coefficient (Wildman–Crippen LogP) is 1.77. The van der Waals surface area contributed by atoms with E-state index in [4.69, 9.17) is 5.73 Å². The van der Waals surface area contributed by atoms with Crippen LogP contribution in [0.25, 0.3) is 0 Å². The Morgan fingerprint density at radius 1 is 1.33 bits per heavy atom. The van der Waals surface area contributed by atoms with Gasteiger partial charge in [-0.2, -0.15) is 0 Å². The van der Waals surface area contributed by atoms with E-state index in [-0.39, 0.29) is 17.8 Å². The zero-order valence-electron chi connectivity index (χ0n) is 10.6. The van der Waals surface area contributed by atoms with Crippen molar-refractivity contribution in [1.29, 1.82) is 0 Å². The van der Waals surface area contributed by atoms with Gasteiger partial charge >= 0.3 is 0 Å². The smallest absolute Gasteiger partial charge is 0.180 e. The van der Waals surface area contributed by atoms with Gasteiger partial charge in [0, 0.05) is 12.1 Å². The maximum absolute atomic E-state index is 12.0. The maximum Gasteiger partial charge on any atom is 0.180 e. The molecule has 1 aliphatic rings. The molecular formula is C13H20N2O2S. The van der Waals surface area contributed by atoms with Crippen LogP contribution in [0.3, 0.4) is 0 Å². The fraction of sp³-hybridized carbons (Fsp3) is 0.538. The van der Waals surface area contributed by atoms with Crippen molar-refractivity contribution in [2.45, 2.75) is 43.2 Å². The number of nitrogens with one attached hydrogen (secondary N) is 1. The van der Waals surface area contributed by atoms with Crippen LogP contribution in [-0.2, 0) is 9.84 Å². The lowest BCUT2D eigenvalue weighted by Gasteiger charge is -2.20. The molecular weight excluding hydrogens is 248 g/mol. The molecule has 3 N–H and O–H groups in total. The molecule has 5 heteroatoms. The van der Waals surface area contributed by atoms with Gasteiger partial charge in [-0.25, -0.2) is 8.42 Å². The van der Waals surface area contributed by atoms with Crippen molar-refractivity contribution < 1.29 is 8.42 Å². The molecule has 18 heavy (non-hydrogen) atoms. The van der Waals surface area contributed by atoms with E-state index < -0.39 is 9.84 Å². The van der Waals surface area contributed by atoms with Gasteiger partial charge in [0.1, 0.15) is 0 Å². The Labute approximate surface area is 108 Å². The fourth-order valence-corrected chi connectivity index (χ4v) is 3.44. The van der Waals surface area contributed by atoms with Gasteiger partial charge in [0.25, 0.3) is 0 Å². The van der Waals surface area contributed by atoms with E-state index in [1.165, 1.54) is 0 Å². The largest absolute Gasteiger partial charge is 0.380 e. The van der Waals surface area contributed by atoms with Gasteiger partial charge in [-0.15, -0.1) is 0 Å². The molecule has 0 spiro atoms. The Morgan fingerprint density at radius 3 is 2.67 bits per heavy atom. The Balaban J connectivity index is 2.28. The average Bonchev–Trinajstić information content (AvgIpc) is 2.76. The van der Waals surface area contributed by atoms with E-state index in [9.17, 15) is 8.42 Å². The lowest BCUT2D eigenvalue weighted by Crippen LogP contribution is -2.35. The summed E-state index contributed by atoms with van der Waals surface area (Å²) in [5.74, 6) is 0.114. The Kier molecular flexibility index (Phi) is 3.92. The number of sulfone groups is 1. The number of nitrogens with two attached hydrogens (primary N) is 1. The van der Waals surface area contributed by atoms with Gasteiger partial charge in [-0.3, -0.25) is 0 Å². The summed E-state index contributed by atoms with van der Waals surface area (Å²) in [6.07, 6.45) is 3.10. The van der Waals surface area contributed by atoms with Crippen molar-refractivity contribution in [1.82, 2.24) is 0 Å². The van der Waals surface area contributed by atoms with Crippen molar-refractivity contribution in [2.24, 2.45) is 5.73 Å². The molecule has 0 heterocycles. The number of anilines is 1. The third-order valence-corrected chi connectivity index (χ3v) is 5.30. The standard InChI is InChI=1S/C13H20N2O2S/c1-2-18(16,17)13-9-4-3-7-12(13)15-11-8-5-6-10(11)14/h3-4,7,9-11,15H,2,5-6,8,14H2,1H3. The van der Waals surface area contributed by atoms with Crippen molar-refractivity contribution >= 4 is 15.5 Å². The molecule has 1 aliphatic carbocycles. The molecule has 4 nitrogen and oxygen atoms in total. The molecule has 0 bridgehead atoms. The third-order valence-electron chi connectivity index (χ3n) is 3.51. The third kappa shape index (κ3) is 2.67. The summed E-state index contributed by atoms with van der Waals surface area (Å²) in [6, 6.07) is 7.36. The Bertz CT molecular complexity index is 513. The van der Waals surface area contributed by atoms with E-state index >= 15 is 0 Å². The van der Waals surface area contributed by atoms with E-state index in [1.54, 1.807) is 19.1 Å². The number of hydrogen-bond acceptors (Lipinski definition) is 4. The van der Waals surface area contributed by atoms with Crippen molar-refractivity contribution in [3.05, 3.63) is 24.3 Å². The number of benzene rings is 1. The normalized spacial score (nSPS) is 24.1. The van der Waals surface area contributed by atoms with E-state index in [0.29, 0.717) is 10.6 Å². The first kappa shape index (κ1) is 13.4. The highest BCUT2D eigenvalue weighted by atomic mass is 32.2. The van der Waals surface area contributed by atoms with Crippen molar-refractivity contribution in [3.8, 4) is 0 Å². The second-order valence-corrected chi connectivity index (χ2v) is 6.99. The zero-order valence-corrected chi connectivity index (χ0v) is 11.4. The van der Waals surface area contributed by atoms with Gasteiger partial charge < -0.3 is 11.1 Å². The monoisotopic (exact) mass is 268 g/mol. The molecule has 0 amide bonds. The highest BCUT2D eigenvalue weighted by molar-refractivity contribution is 7.91. The van der Waals surface area contributed by atoms with Crippen LogP contribution in [0, 0.1) is 0 Å². The predicted molar refractivity (Wildman–Crippen MR) is 73.4 cm³/mol. The summed E-state index contributed by atoms with van der Waals surface area (Å²) < 4.78 is 24.0. The van der Waals surface area contributed by atoms with Crippen LogP contribution >= 0.6 is 0 Å².